The maximum absolute atomic E-state index is 13.5. The van der Waals surface area contributed by atoms with E-state index in [2.05, 4.69) is 0 Å². The van der Waals surface area contributed by atoms with E-state index in [1.54, 1.807) is 0 Å². The second-order valence-electron chi connectivity index (χ2n) is 8.51. The van der Waals surface area contributed by atoms with E-state index < -0.39 is 29.6 Å². The maximum Gasteiger partial charge on any atom is 0.310 e. The Morgan fingerprint density at radius 1 is 0.667 bits per heavy atom. The quantitative estimate of drug-likeness (QED) is 0.389. The predicted molar refractivity (Wildman–Crippen MR) is 127 cm³/mol. The van der Waals surface area contributed by atoms with E-state index in [-0.39, 0.29) is 12.6 Å². The molecule has 164 valence electrons. The number of benzene rings is 4. The molecule has 2 unspecified atom stereocenters. The van der Waals surface area contributed by atoms with Crippen LogP contribution in [0.5, 0.6) is 0 Å². The highest BCUT2D eigenvalue weighted by atomic mass is 16.5. The molecule has 4 atom stereocenters. The molecule has 4 aromatic carbocycles. The molecule has 0 amide bonds. The van der Waals surface area contributed by atoms with Gasteiger partial charge in [-0.1, -0.05) is 103 Å². The highest BCUT2D eigenvalue weighted by molar-refractivity contribution is 5.87. The van der Waals surface area contributed by atoms with Crippen molar-refractivity contribution in [1.82, 2.24) is 0 Å². The van der Waals surface area contributed by atoms with Crippen LogP contribution in [-0.4, -0.2) is 17.0 Å². The van der Waals surface area contributed by atoms with Gasteiger partial charge in [0.15, 0.2) is 0 Å². The van der Waals surface area contributed by atoms with Crippen LogP contribution in [0.15, 0.2) is 103 Å². The van der Waals surface area contributed by atoms with Gasteiger partial charge in [-0.2, -0.15) is 0 Å². The molecule has 0 spiro atoms. The molecule has 33 heavy (non-hydrogen) atoms. The van der Waals surface area contributed by atoms with Crippen molar-refractivity contribution in [3.05, 3.63) is 120 Å². The molecule has 0 aliphatic heterocycles. The van der Waals surface area contributed by atoms with Crippen LogP contribution in [0, 0.1) is 11.8 Å². The van der Waals surface area contributed by atoms with E-state index in [9.17, 15) is 14.7 Å². The minimum absolute atomic E-state index is 0.150. The molecule has 1 aliphatic rings. The zero-order valence-corrected chi connectivity index (χ0v) is 18.0. The second-order valence-corrected chi connectivity index (χ2v) is 8.51. The van der Waals surface area contributed by atoms with E-state index in [1.807, 2.05) is 103 Å². The fraction of sp³-hybridized carbons (Fsp3) is 0.172. The van der Waals surface area contributed by atoms with Crippen molar-refractivity contribution in [2.24, 2.45) is 11.8 Å². The van der Waals surface area contributed by atoms with Gasteiger partial charge >= 0.3 is 11.9 Å². The molecule has 0 saturated heterocycles. The van der Waals surface area contributed by atoms with E-state index in [1.165, 1.54) is 0 Å². The lowest BCUT2D eigenvalue weighted by Crippen LogP contribution is -2.51. The van der Waals surface area contributed by atoms with Gasteiger partial charge in [0, 0.05) is 11.8 Å². The van der Waals surface area contributed by atoms with Gasteiger partial charge in [-0.25, -0.2) is 0 Å². The highest BCUT2D eigenvalue weighted by Crippen LogP contribution is 2.58. The van der Waals surface area contributed by atoms with Gasteiger partial charge in [0.25, 0.3) is 0 Å². The molecule has 0 bridgehead atoms. The zero-order valence-electron chi connectivity index (χ0n) is 18.0. The predicted octanol–water partition coefficient (Wildman–Crippen LogP) is 5.78. The first-order valence-electron chi connectivity index (χ1n) is 11.1. The summed E-state index contributed by atoms with van der Waals surface area (Å²) in [5.41, 5.74) is 2.64. The number of carbonyl (C=O) groups excluding carboxylic acids is 1. The molecule has 4 nitrogen and oxygen atoms in total. The lowest BCUT2D eigenvalue weighted by atomic mass is 9.52. The number of carboxylic acid groups (broad SMARTS) is 1. The second kappa shape index (κ2) is 8.91. The molecule has 1 saturated carbocycles. The Bertz CT molecular complexity index is 1230. The van der Waals surface area contributed by atoms with E-state index in [0.717, 1.165) is 27.5 Å². The molecule has 1 N–H and O–H groups in total. The number of hydrogen-bond donors (Lipinski definition) is 1. The van der Waals surface area contributed by atoms with Gasteiger partial charge in [0.2, 0.25) is 0 Å². The lowest BCUT2D eigenvalue weighted by molar-refractivity contribution is -0.165. The summed E-state index contributed by atoms with van der Waals surface area (Å²) in [5.74, 6) is -3.38. The monoisotopic (exact) mass is 436 g/mol. The summed E-state index contributed by atoms with van der Waals surface area (Å²) in [7, 11) is 0. The van der Waals surface area contributed by atoms with Gasteiger partial charge < -0.3 is 9.84 Å². The molecule has 0 radical (unpaired) electrons. The summed E-state index contributed by atoms with van der Waals surface area (Å²) in [6.07, 6.45) is 0. The van der Waals surface area contributed by atoms with Crippen molar-refractivity contribution < 1.29 is 19.4 Å². The van der Waals surface area contributed by atoms with Gasteiger partial charge in [-0.15, -0.1) is 0 Å². The summed E-state index contributed by atoms with van der Waals surface area (Å²) < 4.78 is 5.84. The molecule has 0 heterocycles. The van der Waals surface area contributed by atoms with Crippen molar-refractivity contribution in [2.75, 3.05) is 0 Å². The highest BCUT2D eigenvalue weighted by Gasteiger charge is 2.59. The van der Waals surface area contributed by atoms with Gasteiger partial charge in [0.05, 0.1) is 11.8 Å². The molecule has 1 aliphatic carbocycles. The fourth-order valence-electron chi connectivity index (χ4n) is 5.19. The van der Waals surface area contributed by atoms with E-state index in [4.69, 9.17) is 4.74 Å². The third-order valence-electron chi connectivity index (χ3n) is 6.72. The normalized spacial score (nSPS) is 21.8. The molecular weight excluding hydrogens is 412 g/mol. The summed E-state index contributed by atoms with van der Waals surface area (Å²) in [6, 6.07) is 32.8. The molecule has 1 fully saturated rings. The first-order chi connectivity index (χ1) is 16.1. The van der Waals surface area contributed by atoms with Crippen LogP contribution in [0.3, 0.4) is 0 Å². The molecule has 4 aromatic rings. The van der Waals surface area contributed by atoms with Crippen LogP contribution in [0.1, 0.15) is 28.5 Å². The van der Waals surface area contributed by atoms with Crippen LogP contribution >= 0.6 is 0 Å². The van der Waals surface area contributed by atoms with Gasteiger partial charge in [-0.3, -0.25) is 9.59 Å². The number of ether oxygens (including phenoxy) is 1. The Morgan fingerprint density at radius 2 is 1.21 bits per heavy atom. The first-order valence-corrected chi connectivity index (χ1v) is 11.1. The van der Waals surface area contributed by atoms with Crippen molar-refractivity contribution in [3.63, 3.8) is 0 Å². The summed E-state index contributed by atoms with van der Waals surface area (Å²) in [6.45, 7) is 0.150. The van der Waals surface area contributed by atoms with Gasteiger partial charge in [-0.05, 0) is 27.5 Å². The van der Waals surface area contributed by atoms with Crippen LogP contribution < -0.4 is 0 Å². The van der Waals surface area contributed by atoms with E-state index >= 15 is 0 Å². The van der Waals surface area contributed by atoms with Crippen LogP contribution in [-0.2, 0) is 20.9 Å². The number of carbonyl (C=O) groups is 2. The summed E-state index contributed by atoms with van der Waals surface area (Å²) in [5, 5.41) is 12.2. The number of rotatable bonds is 6. The number of esters is 1. The molecule has 4 heteroatoms. The first kappa shape index (κ1) is 21.0. The van der Waals surface area contributed by atoms with Crippen LogP contribution in [0.4, 0.5) is 0 Å². The average molecular weight is 437 g/mol. The SMILES string of the molecule is O=C(OCc1cccc2ccccc12)C1C(c2ccccc2)[C@@H](C(=O)O)[C@@H]1c1ccccc1. The number of carboxylic acids is 1. The number of hydrogen-bond acceptors (Lipinski definition) is 3. The van der Waals surface area contributed by atoms with Crippen molar-refractivity contribution in [3.8, 4) is 0 Å². The van der Waals surface area contributed by atoms with Crippen LogP contribution in [0.2, 0.25) is 0 Å². The molecule has 5 rings (SSSR count). The zero-order chi connectivity index (χ0) is 22.8. The number of fused-ring (bicyclic) bond motifs is 1. The third-order valence-corrected chi connectivity index (χ3v) is 6.72. The smallest absolute Gasteiger partial charge is 0.310 e. The Balaban J connectivity index is 1.47. The molecule has 0 aromatic heterocycles. The Morgan fingerprint density at radius 3 is 1.82 bits per heavy atom. The minimum atomic E-state index is -0.893. The van der Waals surface area contributed by atoms with Crippen LogP contribution in [0.25, 0.3) is 10.8 Å². The van der Waals surface area contributed by atoms with Crippen molar-refractivity contribution in [2.45, 2.75) is 18.4 Å². The van der Waals surface area contributed by atoms with E-state index in [0.29, 0.717) is 0 Å². The Hall–Kier alpha value is -3.92. The largest absolute Gasteiger partial charge is 0.481 e. The average Bonchev–Trinajstić information content (AvgIpc) is 2.83. The topological polar surface area (TPSA) is 63.6 Å². The fourth-order valence-corrected chi connectivity index (χ4v) is 5.19. The summed E-state index contributed by atoms with van der Waals surface area (Å²) in [4.78, 5) is 25.7. The standard InChI is InChI=1S/C29H24O4/c30-28(31)26-24(20-11-3-1-4-12-20)27(25(26)21-13-5-2-6-14-21)29(32)33-18-22-16-9-15-19-10-7-8-17-23(19)22/h1-17,24-27H,18H2,(H,30,31)/t24-,25?,26-,27?/m0/s1. The number of aliphatic carboxylic acids is 1. The Labute approximate surface area is 192 Å². The maximum atomic E-state index is 13.5. The minimum Gasteiger partial charge on any atom is -0.481 e. The van der Waals surface area contributed by atoms with Crippen molar-refractivity contribution in [1.29, 1.82) is 0 Å². The third kappa shape index (κ3) is 3.89. The lowest BCUT2D eigenvalue weighted by Gasteiger charge is -2.49. The van der Waals surface area contributed by atoms with Gasteiger partial charge in [0.1, 0.15) is 6.61 Å². The molecular formula is C29H24O4. The Kier molecular flexibility index (Phi) is 5.66. The summed E-state index contributed by atoms with van der Waals surface area (Å²) >= 11 is 0. The van der Waals surface area contributed by atoms with Crippen molar-refractivity contribution >= 4 is 22.7 Å².